The van der Waals surface area contributed by atoms with Crippen molar-refractivity contribution in [2.75, 3.05) is 5.32 Å². The van der Waals surface area contributed by atoms with Crippen LogP contribution in [-0.2, 0) is 17.6 Å². The molecule has 132 valence electrons. The number of aryl methyl sites for hydroxylation is 1. The van der Waals surface area contributed by atoms with E-state index >= 15 is 0 Å². The van der Waals surface area contributed by atoms with Crippen molar-refractivity contribution in [3.05, 3.63) is 16.0 Å². The average molecular weight is 368 g/mol. The standard InChI is InChI=1S/C17H25N3O2S2/c1-2-3-4-5-10-13(21)19-17(23)20-16-14(15(18)22)11-8-6-7-9-12(11)24-16/h2-10H2,1H3,(H2,18,22)(H2,19,20,21,23). The maximum absolute atomic E-state index is 11.9. The summed E-state index contributed by atoms with van der Waals surface area (Å²) in [4.78, 5) is 24.9. The summed E-state index contributed by atoms with van der Waals surface area (Å²) in [6.07, 6.45) is 8.70. The largest absolute Gasteiger partial charge is 0.365 e. The predicted octanol–water partition coefficient (Wildman–Crippen LogP) is 3.51. The smallest absolute Gasteiger partial charge is 0.251 e. The molecular weight excluding hydrogens is 342 g/mol. The molecule has 0 aliphatic heterocycles. The van der Waals surface area contributed by atoms with Crippen LogP contribution in [0.4, 0.5) is 5.00 Å². The fourth-order valence-corrected chi connectivity index (χ4v) is 4.53. The Morgan fingerprint density at radius 2 is 1.96 bits per heavy atom. The maximum Gasteiger partial charge on any atom is 0.251 e. The summed E-state index contributed by atoms with van der Waals surface area (Å²) in [5.74, 6) is -0.531. The van der Waals surface area contributed by atoms with Crippen molar-refractivity contribution in [3.63, 3.8) is 0 Å². The molecule has 1 aromatic rings. The Hall–Kier alpha value is -1.47. The SMILES string of the molecule is CCCCCCC(=O)NC(=S)Nc1sc2c(c1C(N)=O)CCCC2. The molecule has 2 rings (SSSR count). The van der Waals surface area contributed by atoms with Crippen LogP contribution in [0.15, 0.2) is 0 Å². The molecule has 0 spiro atoms. The first-order valence-electron chi connectivity index (χ1n) is 8.58. The molecule has 0 saturated heterocycles. The van der Waals surface area contributed by atoms with Crippen LogP contribution in [0.2, 0.25) is 0 Å². The zero-order valence-electron chi connectivity index (χ0n) is 14.1. The number of thiophene rings is 1. The van der Waals surface area contributed by atoms with Gasteiger partial charge in [-0.25, -0.2) is 0 Å². The number of rotatable bonds is 7. The monoisotopic (exact) mass is 367 g/mol. The number of hydrogen-bond donors (Lipinski definition) is 3. The molecule has 24 heavy (non-hydrogen) atoms. The Morgan fingerprint density at radius 1 is 1.21 bits per heavy atom. The number of amides is 2. The van der Waals surface area contributed by atoms with Gasteiger partial charge in [-0.1, -0.05) is 26.2 Å². The Labute approximate surface area is 152 Å². The average Bonchev–Trinajstić information content (AvgIpc) is 2.89. The molecule has 1 aromatic heterocycles. The molecule has 0 atom stereocenters. The number of carbonyl (C=O) groups excluding carboxylic acids is 2. The number of nitrogens with two attached hydrogens (primary N) is 1. The molecule has 0 aromatic carbocycles. The second-order valence-corrected chi connectivity index (χ2v) is 7.61. The van der Waals surface area contributed by atoms with E-state index in [9.17, 15) is 9.59 Å². The first-order valence-corrected chi connectivity index (χ1v) is 9.80. The number of hydrogen-bond acceptors (Lipinski definition) is 4. The Balaban J connectivity index is 1.95. The molecule has 0 fully saturated rings. The summed E-state index contributed by atoms with van der Waals surface area (Å²) < 4.78 is 0. The molecule has 0 radical (unpaired) electrons. The van der Waals surface area contributed by atoms with E-state index in [0.29, 0.717) is 17.0 Å². The van der Waals surface area contributed by atoms with Crippen molar-refractivity contribution >= 4 is 45.5 Å². The zero-order valence-corrected chi connectivity index (χ0v) is 15.7. The van der Waals surface area contributed by atoms with Crippen molar-refractivity contribution in [3.8, 4) is 0 Å². The third-order valence-corrected chi connectivity index (χ3v) is 5.57. The Bertz CT molecular complexity index is 626. The lowest BCUT2D eigenvalue weighted by Gasteiger charge is -2.11. The van der Waals surface area contributed by atoms with Crippen LogP contribution >= 0.6 is 23.6 Å². The van der Waals surface area contributed by atoms with Crippen molar-refractivity contribution in [1.82, 2.24) is 5.32 Å². The topological polar surface area (TPSA) is 84.2 Å². The number of thiocarbonyl (C=S) groups is 1. The Morgan fingerprint density at radius 3 is 2.67 bits per heavy atom. The molecule has 5 nitrogen and oxygen atoms in total. The van der Waals surface area contributed by atoms with Crippen LogP contribution in [0.25, 0.3) is 0 Å². The molecule has 0 saturated carbocycles. The van der Waals surface area contributed by atoms with Gasteiger partial charge in [0.2, 0.25) is 5.91 Å². The van der Waals surface area contributed by atoms with E-state index in [1.807, 2.05) is 0 Å². The van der Waals surface area contributed by atoms with Gasteiger partial charge in [-0.05, 0) is 49.9 Å². The molecule has 0 unspecified atom stereocenters. The molecule has 1 aliphatic rings. The third kappa shape index (κ3) is 5.01. The van der Waals surface area contributed by atoms with E-state index in [0.717, 1.165) is 56.9 Å². The minimum absolute atomic E-state index is 0.0921. The lowest BCUT2D eigenvalue weighted by molar-refractivity contribution is -0.119. The second-order valence-electron chi connectivity index (χ2n) is 6.09. The Kier molecular flexibility index (Phi) is 7.17. The van der Waals surface area contributed by atoms with E-state index < -0.39 is 5.91 Å². The molecule has 0 bridgehead atoms. The van der Waals surface area contributed by atoms with Gasteiger partial charge in [0.05, 0.1) is 5.56 Å². The maximum atomic E-state index is 11.9. The number of nitrogens with one attached hydrogen (secondary N) is 2. The minimum atomic E-state index is -0.439. The minimum Gasteiger partial charge on any atom is -0.365 e. The molecule has 1 aliphatic carbocycles. The zero-order chi connectivity index (χ0) is 17.5. The van der Waals surface area contributed by atoms with Crippen LogP contribution in [-0.4, -0.2) is 16.9 Å². The van der Waals surface area contributed by atoms with Gasteiger partial charge < -0.3 is 16.4 Å². The van der Waals surface area contributed by atoms with Gasteiger partial charge >= 0.3 is 0 Å². The lowest BCUT2D eigenvalue weighted by Crippen LogP contribution is -2.34. The number of primary amides is 1. The summed E-state index contributed by atoms with van der Waals surface area (Å²) in [7, 11) is 0. The van der Waals surface area contributed by atoms with Gasteiger partial charge in [-0.15, -0.1) is 11.3 Å². The van der Waals surface area contributed by atoms with Crippen molar-refractivity contribution in [2.24, 2.45) is 5.73 Å². The molecule has 1 heterocycles. The normalized spacial score (nSPS) is 13.2. The first kappa shape index (κ1) is 18.9. The number of fused-ring (bicyclic) bond motifs is 1. The van der Waals surface area contributed by atoms with E-state index in [-0.39, 0.29) is 11.0 Å². The molecular formula is C17H25N3O2S2. The van der Waals surface area contributed by atoms with Crippen LogP contribution in [0, 0.1) is 0 Å². The third-order valence-electron chi connectivity index (χ3n) is 4.16. The van der Waals surface area contributed by atoms with Gasteiger partial charge in [-0.3, -0.25) is 9.59 Å². The van der Waals surface area contributed by atoms with Crippen LogP contribution in [0.1, 0.15) is 72.7 Å². The van der Waals surface area contributed by atoms with Crippen LogP contribution in [0.3, 0.4) is 0 Å². The number of anilines is 1. The predicted molar refractivity (Wildman–Crippen MR) is 103 cm³/mol. The highest BCUT2D eigenvalue weighted by Crippen LogP contribution is 2.37. The quantitative estimate of drug-likeness (QED) is 0.509. The first-order chi connectivity index (χ1) is 11.5. The summed E-state index contributed by atoms with van der Waals surface area (Å²) in [6, 6.07) is 0. The van der Waals surface area contributed by atoms with Crippen molar-refractivity contribution < 1.29 is 9.59 Å². The van der Waals surface area contributed by atoms with Gasteiger partial charge in [0, 0.05) is 11.3 Å². The van der Waals surface area contributed by atoms with Crippen molar-refractivity contribution in [1.29, 1.82) is 0 Å². The van der Waals surface area contributed by atoms with Gasteiger partial charge in [0.25, 0.3) is 5.91 Å². The highest BCUT2D eigenvalue weighted by molar-refractivity contribution is 7.80. The molecule has 7 heteroatoms. The highest BCUT2D eigenvalue weighted by atomic mass is 32.1. The summed E-state index contributed by atoms with van der Waals surface area (Å²) >= 11 is 6.73. The molecule has 4 N–H and O–H groups in total. The van der Waals surface area contributed by atoms with Gasteiger partial charge in [-0.2, -0.15) is 0 Å². The van der Waals surface area contributed by atoms with Gasteiger partial charge in [0.15, 0.2) is 5.11 Å². The number of unbranched alkanes of at least 4 members (excludes halogenated alkanes) is 3. The van der Waals surface area contributed by atoms with Crippen LogP contribution in [0.5, 0.6) is 0 Å². The second kappa shape index (κ2) is 9.13. The van der Waals surface area contributed by atoms with Gasteiger partial charge in [0.1, 0.15) is 5.00 Å². The highest BCUT2D eigenvalue weighted by Gasteiger charge is 2.24. The van der Waals surface area contributed by atoms with E-state index in [1.165, 1.54) is 16.2 Å². The summed E-state index contributed by atoms with van der Waals surface area (Å²) in [5.41, 5.74) is 7.14. The fourth-order valence-electron chi connectivity index (χ4n) is 2.95. The van der Waals surface area contributed by atoms with Crippen LogP contribution < -0.4 is 16.4 Å². The fraction of sp³-hybridized carbons (Fsp3) is 0.588. The molecule has 2 amide bonds. The summed E-state index contributed by atoms with van der Waals surface area (Å²) in [6.45, 7) is 2.13. The van der Waals surface area contributed by atoms with E-state index in [2.05, 4.69) is 17.6 Å². The van der Waals surface area contributed by atoms with Crippen molar-refractivity contribution in [2.45, 2.75) is 64.7 Å². The summed E-state index contributed by atoms with van der Waals surface area (Å²) in [5, 5.41) is 6.58. The van der Waals surface area contributed by atoms with E-state index in [4.69, 9.17) is 18.0 Å². The number of carbonyl (C=O) groups is 2. The lowest BCUT2D eigenvalue weighted by atomic mass is 9.95. The van der Waals surface area contributed by atoms with E-state index in [1.54, 1.807) is 0 Å².